The largest absolute Gasteiger partial charge is 0.344 e. The maximum absolute atomic E-state index is 12.5. The minimum atomic E-state index is -3.30. The van der Waals surface area contributed by atoms with Crippen LogP contribution in [0.4, 0.5) is 0 Å². The Hall–Kier alpha value is -1.89. The van der Waals surface area contributed by atoms with Gasteiger partial charge in [0.25, 0.3) is 0 Å². The summed E-state index contributed by atoms with van der Waals surface area (Å²) in [5, 5.41) is 2.09. The highest BCUT2D eigenvalue weighted by Gasteiger charge is 2.36. The maximum Gasteiger partial charge on any atom is 0.245 e. The van der Waals surface area contributed by atoms with E-state index in [1.807, 2.05) is 30.3 Å². The number of hydrogen-bond acceptors (Lipinski definition) is 4. The number of amides is 2. The molecule has 1 aromatic carbocycles. The molecule has 1 aromatic rings. The van der Waals surface area contributed by atoms with E-state index in [1.165, 1.54) is 0 Å². The van der Waals surface area contributed by atoms with Crippen molar-refractivity contribution < 1.29 is 18.0 Å². The quantitative estimate of drug-likeness (QED) is 0.860. The van der Waals surface area contributed by atoms with Gasteiger partial charge in [0.1, 0.15) is 6.04 Å². The summed E-state index contributed by atoms with van der Waals surface area (Å²) in [5.41, 5.74) is 0.774. The van der Waals surface area contributed by atoms with E-state index in [4.69, 9.17) is 0 Å². The van der Waals surface area contributed by atoms with Gasteiger partial charge < -0.3 is 10.2 Å². The molecular weight excluding hydrogens is 316 g/mol. The van der Waals surface area contributed by atoms with Crippen LogP contribution in [-0.2, 0) is 19.4 Å². The smallest absolute Gasteiger partial charge is 0.245 e. The minimum absolute atomic E-state index is 0.0427. The van der Waals surface area contributed by atoms with Crippen LogP contribution in [-0.4, -0.2) is 50.0 Å². The molecule has 2 saturated heterocycles. The van der Waals surface area contributed by atoms with Gasteiger partial charge >= 0.3 is 0 Å². The highest BCUT2D eigenvalue weighted by atomic mass is 32.2. The Morgan fingerprint density at radius 1 is 1.13 bits per heavy atom. The van der Waals surface area contributed by atoms with Crippen molar-refractivity contribution >= 4 is 21.7 Å². The lowest BCUT2D eigenvalue weighted by atomic mass is 10.1. The van der Waals surface area contributed by atoms with Crippen molar-refractivity contribution in [3.63, 3.8) is 0 Å². The number of carbonyl (C=O) groups is 2. The molecule has 2 heterocycles. The maximum atomic E-state index is 12.5. The van der Waals surface area contributed by atoms with Crippen LogP contribution in [0, 0.1) is 0 Å². The summed E-state index contributed by atoms with van der Waals surface area (Å²) >= 11 is 0. The molecule has 0 radical (unpaired) electrons. The summed E-state index contributed by atoms with van der Waals surface area (Å²) in [7, 11) is -3.30. The predicted molar refractivity (Wildman–Crippen MR) is 85.3 cm³/mol. The van der Waals surface area contributed by atoms with Gasteiger partial charge in [0.05, 0.1) is 11.0 Å². The number of carbonyl (C=O) groups excluding carboxylic acids is 2. The fraction of sp³-hybridized carbons (Fsp3) is 0.500. The van der Waals surface area contributed by atoms with E-state index in [-0.39, 0.29) is 24.1 Å². The van der Waals surface area contributed by atoms with Crippen LogP contribution >= 0.6 is 0 Å². The van der Waals surface area contributed by atoms with Crippen LogP contribution in [0.1, 0.15) is 30.1 Å². The van der Waals surface area contributed by atoms with E-state index in [9.17, 15) is 18.0 Å². The molecule has 2 amide bonds. The Labute approximate surface area is 135 Å². The van der Waals surface area contributed by atoms with E-state index in [2.05, 4.69) is 5.32 Å². The van der Waals surface area contributed by atoms with Crippen molar-refractivity contribution in [1.82, 2.24) is 10.2 Å². The zero-order valence-electron chi connectivity index (χ0n) is 12.8. The molecule has 23 heavy (non-hydrogen) atoms. The van der Waals surface area contributed by atoms with E-state index >= 15 is 0 Å². The van der Waals surface area contributed by atoms with Crippen LogP contribution in [0.25, 0.3) is 0 Å². The number of nitrogens with zero attached hydrogens (tertiary/aromatic N) is 1. The van der Waals surface area contributed by atoms with Crippen molar-refractivity contribution in [1.29, 1.82) is 0 Å². The van der Waals surface area contributed by atoms with Crippen molar-refractivity contribution in [3.05, 3.63) is 35.9 Å². The summed E-state index contributed by atoms with van der Waals surface area (Å²) in [6.07, 6.45) is 1.23. The number of hydrogen-bond donors (Lipinski definition) is 1. The molecular formula is C16H20N2O4S. The monoisotopic (exact) mass is 336 g/mol. The first-order valence-electron chi connectivity index (χ1n) is 7.82. The summed E-state index contributed by atoms with van der Waals surface area (Å²) in [6.45, 7) is 0.584. The number of sulfone groups is 1. The Morgan fingerprint density at radius 2 is 1.87 bits per heavy atom. The number of benzene rings is 1. The van der Waals surface area contributed by atoms with E-state index in [1.54, 1.807) is 4.90 Å². The third kappa shape index (κ3) is 3.39. The standard InChI is InChI=1S/C16H20N2O4S/c19-15-7-6-13(17-15)16(20)18-9-8-14(23(21,22)11-10-18)12-4-2-1-3-5-12/h1-5,13-14H,6-11H2,(H,17,19). The Bertz CT molecular complexity index is 702. The Morgan fingerprint density at radius 3 is 2.52 bits per heavy atom. The normalized spacial score (nSPS) is 27.3. The molecule has 124 valence electrons. The molecule has 0 aliphatic carbocycles. The molecule has 7 heteroatoms. The van der Waals surface area contributed by atoms with E-state index in [0.29, 0.717) is 25.8 Å². The second kappa shape index (κ2) is 6.31. The molecule has 0 saturated carbocycles. The minimum Gasteiger partial charge on any atom is -0.344 e. The van der Waals surface area contributed by atoms with Gasteiger partial charge in [0.2, 0.25) is 11.8 Å². The molecule has 1 N–H and O–H groups in total. The van der Waals surface area contributed by atoms with Crippen LogP contribution in [0.3, 0.4) is 0 Å². The van der Waals surface area contributed by atoms with Crippen molar-refractivity contribution in [3.8, 4) is 0 Å². The molecule has 0 aromatic heterocycles. The lowest BCUT2D eigenvalue weighted by molar-refractivity contribution is -0.134. The Balaban J connectivity index is 1.75. The molecule has 0 bridgehead atoms. The fourth-order valence-corrected chi connectivity index (χ4v) is 5.02. The SMILES string of the molecule is O=C1CCC(C(=O)N2CCC(c3ccccc3)S(=O)(=O)CC2)N1. The summed E-state index contributed by atoms with van der Waals surface area (Å²) in [6, 6.07) is 8.64. The summed E-state index contributed by atoms with van der Waals surface area (Å²) in [5.74, 6) is -0.327. The third-order valence-corrected chi connectivity index (χ3v) is 6.64. The van der Waals surface area contributed by atoms with Gasteiger partial charge in [0.15, 0.2) is 9.84 Å². The van der Waals surface area contributed by atoms with Crippen molar-refractivity contribution in [2.75, 3.05) is 18.8 Å². The Kier molecular flexibility index (Phi) is 4.39. The highest BCUT2D eigenvalue weighted by Crippen LogP contribution is 2.29. The van der Waals surface area contributed by atoms with E-state index in [0.717, 1.165) is 5.56 Å². The lowest BCUT2D eigenvalue weighted by Crippen LogP contribution is -2.45. The third-order valence-electron chi connectivity index (χ3n) is 4.52. The molecule has 2 unspecified atom stereocenters. The molecule has 2 aliphatic rings. The first-order valence-corrected chi connectivity index (χ1v) is 9.53. The van der Waals surface area contributed by atoms with Gasteiger partial charge in [0, 0.05) is 19.5 Å². The number of rotatable bonds is 2. The van der Waals surface area contributed by atoms with E-state index < -0.39 is 21.1 Å². The van der Waals surface area contributed by atoms with Gasteiger partial charge in [-0.25, -0.2) is 8.42 Å². The lowest BCUT2D eigenvalue weighted by Gasteiger charge is -2.23. The molecule has 2 fully saturated rings. The zero-order valence-corrected chi connectivity index (χ0v) is 13.6. The molecule has 0 spiro atoms. The van der Waals surface area contributed by atoms with Gasteiger partial charge in [-0.15, -0.1) is 0 Å². The van der Waals surface area contributed by atoms with Gasteiger partial charge in [-0.2, -0.15) is 0 Å². The molecule has 3 rings (SSSR count). The van der Waals surface area contributed by atoms with Crippen LogP contribution in [0.5, 0.6) is 0 Å². The summed E-state index contributed by atoms with van der Waals surface area (Å²) < 4.78 is 25.1. The first-order chi connectivity index (χ1) is 11.0. The van der Waals surface area contributed by atoms with Crippen LogP contribution < -0.4 is 5.32 Å². The average Bonchev–Trinajstić information content (AvgIpc) is 2.90. The van der Waals surface area contributed by atoms with Crippen molar-refractivity contribution in [2.24, 2.45) is 0 Å². The van der Waals surface area contributed by atoms with Crippen LogP contribution in [0.15, 0.2) is 30.3 Å². The zero-order chi connectivity index (χ0) is 16.4. The highest BCUT2D eigenvalue weighted by molar-refractivity contribution is 7.91. The molecule has 6 nitrogen and oxygen atoms in total. The van der Waals surface area contributed by atoms with Crippen LogP contribution in [0.2, 0.25) is 0 Å². The average molecular weight is 336 g/mol. The number of nitrogens with one attached hydrogen (secondary N) is 1. The second-order valence-corrected chi connectivity index (χ2v) is 8.34. The first kappa shape index (κ1) is 16.0. The van der Waals surface area contributed by atoms with Gasteiger partial charge in [-0.3, -0.25) is 9.59 Å². The molecule has 2 atom stereocenters. The van der Waals surface area contributed by atoms with Gasteiger partial charge in [-0.1, -0.05) is 30.3 Å². The van der Waals surface area contributed by atoms with Gasteiger partial charge in [-0.05, 0) is 18.4 Å². The van der Waals surface area contributed by atoms with Crippen molar-refractivity contribution in [2.45, 2.75) is 30.6 Å². The molecule has 2 aliphatic heterocycles. The second-order valence-electron chi connectivity index (χ2n) is 6.04. The predicted octanol–water partition coefficient (Wildman–Crippen LogP) is 0.653. The fourth-order valence-electron chi connectivity index (χ4n) is 3.23. The topological polar surface area (TPSA) is 83.6 Å². The summed E-state index contributed by atoms with van der Waals surface area (Å²) in [4.78, 5) is 25.3.